The highest BCUT2D eigenvalue weighted by Gasteiger charge is 2.09. The Bertz CT molecular complexity index is 965. The summed E-state index contributed by atoms with van der Waals surface area (Å²) in [4.78, 5) is 16.8. The third-order valence-corrected chi connectivity index (χ3v) is 3.82. The second-order valence-electron chi connectivity index (χ2n) is 5.45. The summed E-state index contributed by atoms with van der Waals surface area (Å²) in [5.41, 5.74) is 2.44. The van der Waals surface area contributed by atoms with Crippen molar-refractivity contribution in [2.45, 2.75) is 6.42 Å². The molecule has 0 bridgehead atoms. The molecule has 0 saturated carbocycles. The molecule has 0 atom stereocenters. The molecule has 0 saturated heterocycles. The number of imidazole rings is 1. The molecule has 2 heterocycles. The lowest BCUT2D eigenvalue weighted by molar-refractivity contribution is -0.115. The molecule has 0 aliphatic heterocycles. The predicted octanol–water partition coefficient (Wildman–Crippen LogP) is 3.67. The lowest BCUT2D eigenvalue weighted by Gasteiger charge is -2.07. The number of hydrogen-bond acceptors (Lipinski definition) is 2. The van der Waals surface area contributed by atoms with Crippen molar-refractivity contribution in [3.63, 3.8) is 0 Å². The van der Waals surface area contributed by atoms with Gasteiger partial charge < -0.3 is 9.72 Å². The van der Waals surface area contributed by atoms with Crippen LogP contribution in [0.4, 0.5) is 5.69 Å². The Morgan fingerprint density at radius 1 is 1.00 bits per heavy atom. The summed E-state index contributed by atoms with van der Waals surface area (Å²) >= 11 is 0. The Morgan fingerprint density at radius 2 is 1.83 bits per heavy atom. The maximum absolute atomic E-state index is 12.3. The first kappa shape index (κ1) is 13.5. The number of carbonyl (C=O) groups excluding carboxylic acids is 1. The van der Waals surface area contributed by atoms with E-state index in [1.54, 1.807) is 0 Å². The molecule has 1 N–H and O–H groups in total. The molecule has 0 spiro atoms. The zero-order chi connectivity index (χ0) is 15.6. The van der Waals surface area contributed by atoms with E-state index >= 15 is 0 Å². The minimum atomic E-state index is -0.0650. The molecule has 112 valence electrons. The predicted molar refractivity (Wildman–Crippen MR) is 91.5 cm³/mol. The minimum Gasteiger partial charge on any atom is -0.325 e. The number of amides is 1. The van der Waals surface area contributed by atoms with Crippen LogP contribution in [0.25, 0.3) is 16.4 Å². The van der Waals surface area contributed by atoms with Gasteiger partial charge in [-0.05, 0) is 23.6 Å². The third-order valence-electron chi connectivity index (χ3n) is 3.82. The van der Waals surface area contributed by atoms with E-state index in [9.17, 15) is 4.79 Å². The first-order chi connectivity index (χ1) is 11.3. The largest absolute Gasteiger partial charge is 0.325 e. The second-order valence-corrected chi connectivity index (χ2v) is 5.45. The molecule has 4 heteroatoms. The lowest BCUT2D eigenvalue weighted by atomic mass is 10.1. The molecule has 2 aromatic heterocycles. The van der Waals surface area contributed by atoms with Gasteiger partial charge in [-0.2, -0.15) is 0 Å². The summed E-state index contributed by atoms with van der Waals surface area (Å²) in [6.07, 6.45) is 4.07. The van der Waals surface area contributed by atoms with Gasteiger partial charge in [0, 0.05) is 23.5 Å². The van der Waals surface area contributed by atoms with Crippen LogP contribution in [0.1, 0.15) is 5.69 Å². The monoisotopic (exact) mass is 301 g/mol. The second kappa shape index (κ2) is 5.57. The topological polar surface area (TPSA) is 46.4 Å². The molecule has 0 unspecified atom stereocenters. The zero-order valence-corrected chi connectivity index (χ0v) is 12.4. The van der Waals surface area contributed by atoms with Crippen LogP contribution in [-0.2, 0) is 11.2 Å². The van der Waals surface area contributed by atoms with Gasteiger partial charge in [0.05, 0.1) is 12.1 Å². The Kier molecular flexibility index (Phi) is 3.27. The van der Waals surface area contributed by atoms with Crippen molar-refractivity contribution < 1.29 is 4.79 Å². The Morgan fingerprint density at radius 3 is 2.74 bits per heavy atom. The van der Waals surface area contributed by atoms with E-state index < -0.39 is 0 Å². The average Bonchev–Trinajstić information content (AvgIpc) is 2.97. The molecular weight excluding hydrogens is 286 g/mol. The van der Waals surface area contributed by atoms with Crippen LogP contribution >= 0.6 is 0 Å². The Labute approximate surface area is 133 Å². The van der Waals surface area contributed by atoms with Crippen molar-refractivity contribution in [2.24, 2.45) is 0 Å². The molecule has 4 aromatic rings. The number of carbonyl (C=O) groups is 1. The zero-order valence-electron chi connectivity index (χ0n) is 12.4. The number of pyridine rings is 1. The highest BCUT2D eigenvalue weighted by molar-refractivity contribution is 6.02. The number of rotatable bonds is 3. The molecule has 2 aromatic carbocycles. The molecule has 23 heavy (non-hydrogen) atoms. The highest BCUT2D eigenvalue weighted by Crippen LogP contribution is 2.23. The number of fused-ring (bicyclic) bond motifs is 2. The first-order valence-electron chi connectivity index (χ1n) is 7.50. The van der Waals surface area contributed by atoms with Gasteiger partial charge in [0.15, 0.2) is 0 Å². The molecule has 1 amide bonds. The molecule has 0 radical (unpaired) electrons. The fraction of sp³-hybridized carbons (Fsp3) is 0.0526. The fourth-order valence-corrected chi connectivity index (χ4v) is 2.77. The van der Waals surface area contributed by atoms with Crippen molar-refractivity contribution in [1.29, 1.82) is 0 Å². The van der Waals surface area contributed by atoms with E-state index in [1.165, 1.54) is 0 Å². The van der Waals surface area contributed by atoms with E-state index in [4.69, 9.17) is 0 Å². The molecule has 4 rings (SSSR count). The van der Waals surface area contributed by atoms with Gasteiger partial charge in [-0.15, -0.1) is 0 Å². The van der Waals surface area contributed by atoms with Crippen molar-refractivity contribution in [2.75, 3.05) is 5.32 Å². The standard InChI is InChI=1S/C19H15N3O/c23-19(12-15-13-22-11-4-3-10-18(22)20-15)21-17-9-5-7-14-6-1-2-8-16(14)17/h1-11,13H,12H2,(H,21,23). The van der Waals surface area contributed by atoms with Crippen LogP contribution in [0.2, 0.25) is 0 Å². The molecule has 4 nitrogen and oxygen atoms in total. The quantitative estimate of drug-likeness (QED) is 0.627. The lowest BCUT2D eigenvalue weighted by Crippen LogP contribution is -2.14. The summed E-state index contributed by atoms with van der Waals surface area (Å²) in [6, 6.07) is 19.7. The molecule has 0 aliphatic carbocycles. The van der Waals surface area contributed by atoms with E-state index in [-0.39, 0.29) is 12.3 Å². The number of hydrogen-bond donors (Lipinski definition) is 1. The van der Waals surface area contributed by atoms with Crippen LogP contribution in [0.5, 0.6) is 0 Å². The summed E-state index contributed by atoms with van der Waals surface area (Å²) in [5, 5.41) is 5.14. The summed E-state index contributed by atoms with van der Waals surface area (Å²) < 4.78 is 1.92. The summed E-state index contributed by atoms with van der Waals surface area (Å²) in [7, 11) is 0. The van der Waals surface area contributed by atoms with Gasteiger partial charge >= 0.3 is 0 Å². The van der Waals surface area contributed by atoms with Crippen LogP contribution in [-0.4, -0.2) is 15.3 Å². The van der Waals surface area contributed by atoms with Crippen LogP contribution in [0.3, 0.4) is 0 Å². The van der Waals surface area contributed by atoms with Crippen LogP contribution in [0, 0.1) is 0 Å². The molecule has 0 aliphatic rings. The number of benzene rings is 2. The van der Waals surface area contributed by atoms with Crippen LogP contribution in [0.15, 0.2) is 73.1 Å². The van der Waals surface area contributed by atoms with Gasteiger partial charge in [0.2, 0.25) is 5.91 Å². The minimum absolute atomic E-state index is 0.0650. The Balaban J connectivity index is 1.57. The number of aromatic nitrogens is 2. The maximum Gasteiger partial charge on any atom is 0.230 e. The van der Waals surface area contributed by atoms with Crippen molar-refractivity contribution in [3.05, 3.63) is 78.8 Å². The highest BCUT2D eigenvalue weighted by atomic mass is 16.1. The molecule has 0 fully saturated rings. The van der Waals surface area contributed by atoms with Crippen molar-refractivity contribution in [1.82, 2.24) is 9.38 Å². The van der Waals surface area contributed by atoms with E-state index in [0.717, 1.165) is 27.8 Å². The number of anilines is 1. The SMILES string of the molecule is O=C(Cc1cn2ccccc2n1)Nc1cccc2ccccc12. The Hall–Kier alpha value is -3.14. The van der Waals surface area contributed by atoms with Gasteiger partial charge in [-0.3, -0.25) is 4.79 Å². The summed E-state index contributed by atoms with van der Waals surface area (Å²) in [5.74, 6) is -0.0650. The van der Waals surface area contributed by atoms with Gasteiger partial charge in [-0.1, -0.05) is 42.5 Å². The van der Waals surface area contributed by atoms with E-state index in [1.807, 2.05) is 77.5 Å². The number of nitrogens with zero attached hydrogens (tertiary/aromatic N) is 2. The van der Waals surface area contributed by atoms with Crippen LogP contribution < -0.4 is 5.32 Å². The average molecular weight is 301 g/mol. The smallest absolute Gasteiger partial charge is 0.230 e. The fourth-order valence-electron chi connectivity index (χ4n) is 2.77. The van der Waals surface area contributed by atoms with E-state index in [0.29, 0.717) is 0 Å². The van der Waals surface area contributed by atoms with Crippen molar-refractivity contribution >= 4 is 28.0 Å². The normalized spacial score (nSPS) is 11.0. The van der Waals surface area contributed by atoms with E-state index in [2.05, 4.69) is 10.3 Å². The number of nitrogens with one attached hydrogen (secondary N) is 1. The third kappa shape index (κ3) is 2.66. The first-order valence-corrected chi connectivity index (χ1v) is 7.50. The van der Waals surface area contributed by atoms with Gasteiger partial charge in [-0.25, -0.2) is 4.98 Å². The van der Waals surface area contributed by atoms with Crippen molar-refractivity contribution in [3.8, 4) is 0 Å². The van der Waals surface area contributed by atoms with Gasteiger partial charge in [0.25, 0.3) is 0 Å². The maximum atomic E-state index is 12.3. The van der Waals surface area contributed by atoms with Gasteiger partial charge in [0.1, 0.15) is 5.65 Å². The molecular formula is C19H15N3O. The summed E-state index contributed by atoms with van der Waals surface area (Å²) in [6.45, 7) is 0.